The molecule has 0 radical (unpaired) electrons. The highest BCUT2D eigenvalue weighted by Crippen LogP contribution is 2.34. The summed E-state index contributed by atoms with van der Waals surface area (Å²) in [5, 5.41) is 19.6. The lowest BCUT2D eigenvalue weighted by molar-refractivity contribution is 0.0693. The highest BCUT2D eigenvalue weighted by molar-refractivity contribution is 7.15. The van der Waals surface area contributed by atoms with Crippen LogP contribution in [0.5, 0.6) is 5.75 Å². The molecule has 0 atom stereocenters. The number of carboxylic acids is 1. The Balaban J connectivity index is 2.03. The Labute approximate surface area is 143 Å². The number of carboxylic acid groups (broad SMARTS) is 1. The first-order valence-electron chi connectivity index (χ1n) is 6.67. The minimum Gasteiger partial charge on any atom is -0.507 e. The van der Waals surface area contributed by atoms with Crippen molar-refractivity contribution in [3.05, 3.63) is 34.2 Å². The van der Waals surface area contributed by atoms with Crippen LogP contribution in [0.3, 0.4) is 0 Å². The van der Waals surface area contributed by atoms with Gasteiger partial charge in [-0.2, -0.15) is 4.37 Å². The molecule has 0 fully saturated rings. The second-order valence-corrected chi connectivity index (χ2v) is 6.64. The van der Waals surface area contributed by atoms with Crippen molar-refractivity contribution in [1.82, 2.24) is 14.3 Å². The van der Waals surface area contributed by atoms with Gasteiger partial charge in [0.05, 0.1) is 16.1 Å². The maximum atomic E-state index is 14.2. The molecule has 1 aromatic carbocycles. The Bertz CT molecular complexity index is 938. The SMILES string of the molecule is Cc1nc(CN)sc1-c1nsc(-c2cc(O)c(C(=O)O)cc2F)n1. The molecule has 0 unspecified atom stereocenters. The summed E-state index contributed by atoms with van der Waals surface area (Å²) in [5.41, 5.74) is 5.78. The van der Waals surface area contributed by atoms with Crippen LogP contribution in [-0.2, 0) is 6.54 Å². The lowest BCUT2D eigenvalue weighted by Crippen LogP contribution is -1.98. The second kappa shape index (κ2) is 6.23. The van der Waals surface area contributed by atoms with E-state index in [0.29, 0.717) is 12.4 Å². The van der Waals surface area contributed by atoms with Crippen LogP contribution in [-0.4, -0.2) is 30.5 Å². The molecule has 7 nitrogen and oxygen atoms in total. The first kappa shape index (κ1) is 16.4. The van der Waals surface area contributed by atoms with Crippen molar-refractivity contribution in [2.45, 2.75) is 13.5 Å². The predicted octanol–water partition coefficient (Wildman–Crippen LogP) is 2.64. The van der Waals surface area contributed by atoms with E-state index in [-0.39, 0.29) is 10.6 Å². The van der Waals surface area contributed by atoms with Gasteiger partial charge in [0.1, 0.15) is 27.1 Å². The number of aromatic carboxylic acids is 1. The van der Waals surface area contributed by atoms with Crippen LogP contribution in [0.2, 0.25) is 0 Å². The van der Waals surface area contributed by atoms with Crippen molar-refractivity contribution in [3.63, 3.8) is 0 Å². The van der Waals surface area contributed by atoms with Gasteiger partial charge in [0.15, 0.2) is 5.82 Å². The number of aryl methyl sites for hydroxylation is 1. The fourth-order valence-corrected chi connectivity index (χ4v) is 3.69. The standard InChI is InChI=1S/C14H11FN4O3S2/c1-5-11(23-10(4-16)17-5)12-18-13(24-19-12)6-3-9(20)7(14(21)22)2-8(6)15/h2-3,20H,4,16H2,1H3,(H,21,22). The lowest BCUT2D eigenvalue weighted by Gasteiger charge is -2.03. The van der Waals surface area contributed by atoms with E-state index in [4.69, 9.17) is 10.8 Å². The van der Waals surface area contributed by atoms with Gasteiger partial charge in [0, 0.05) is 6.54 Å². The molecule has 0 aliphatic heterocycles. The summed E-state index contributed by atoms with van der Waals surface area (Å²) < 4.78 is 18.4. The molecule has 10 heteroatoms. The number of thiazole rings is 1. The molecule has 0 aliphatic carbocycles. The number of halogens is 1. The van der Waals surface area contributed by atoms with Crippen LogP contribution < -0.4 is 5.73 Å². The van der Waals surface area contributed by atoms with E-state index >= 15 is 0 Å². The number of carbonyl (C=O) groups is 1. The normalized spacial score (nSPS) is 11.0. The summed E-state index contributed by atoms with van der Waals surface area (Å²) >= 11 is 2.31. The Hall–Kier alpha value is -2.43. The predicted molar refractivity (Wildman–Crippen MR) is 87.7 cm³/mol. The largest absolute Gasteiger partial charge is 0.507 e. The zero-order valence-corrected chi connectivity index (χ0v) is 13.9. The average molecular weight is 366 g/mol. The molecule has 24 heavy (non-hydrogen) atoms. The Kier molecular flexibility index (Phi) is 4.26. The first-order valence-corrected chi connectivity index (χ1v) is 8.26. The summed E-state index contributed by atoms with van der Waals surface area (Å²) in [6.45, 7) is 2.11. The third kappa shape index (κ3) is 2.86. The molecule has 0 saturated heterocycles. The average Bonchev–Trinajstić information content (AvgIpc) is 3.15. The molecule has 124 valence electrons. The van der Waals surface area contributed by atoms with Crippen LogP contribution in [0.15, 0.2) is 12.1 Å². The van der Waals surface area contributed by atoms with E-state index in [1.54, 1.807) is 6.92 Å². The van der Waals surface area contributed by atoms with Gasteiger partial charge in [-0.3, -0.25) is 0 Å². The van der Waals surface area contributed by atoms with Crippen molar-refractivity contribution >= 4 is 28.8 Å². The third-order valence-electron chi connectivity index (χ3n) is 3.19. The fraction of sp³-hybridized carbons (Fsp3) is 0.143. The topological polar surface area (TPSA) is 122 Å². The number of aromatic hydroxyl groups is 1. The minimum atomic E-state index is -1.41. The molecule has 0 amide bonds. The van der Waals surface area contributed by atoms with E-state index in [0.717, 1.165) is 39.2 Å². The monoisotopic (exact) mass is 366 g/mol. The van der Waals surface area contributed by atoms with Crippen LogP contribution in [0, 0.1) is 12.7 Å². The van der Waals surface area contributed by atoms with E-state index < -0.39 is 23.1 Å². The van der Waals surface area contributed by atoms with E-state index in [1.807, 2.05) is 0 Å². The highest BCUT2D eigenvalue weighted by atomic mass is 32.1. The van der Waals surface area contributed by atoms with Gasteiger partial charge >= 0.3 is 5.97 Å². The van der Waals surface area contributed by atoms with Crippen molar-refractivity contribution in [2.75, 3.05) is 0 Å². The van der Waals surface area contributed by atoms with Gasteiger partial charge < -0.3 is 15.9 Å². The molecule has 2 heterocycles. The Morgan fingerprint density at radius 1 is 1.38 bits per heavy atom. The Morgan fingerprint density at radius 2 is 2.12 bits per heavy atom. The number of rotatable bonds is 4. The lowest BCUT2D eigenvalue weighted by atomic mass is 10.1. The van der Waals surface area contributed by atoms with Gasteiger partial charge in [0.2, 0.25) is 0 Å². The summed E-state index contributed by atoms with van der Waals surface area (Å²) in [6.07, 6.45) is 0. The number of phenols is 1. The summed E-state index contributed by atoms with van der Waals surface area (Å²) in [7, 11) is 0. The van der Waals surface area contributed by atoms with Gasteiger partial charge in [-0.05, 0) is 30.6 Å². The molecule has 3 rings (SSSR count). The zero-order chi connectivity index (χ0) is 17.4. The zero-order valence-electron chi connectivity index (χ0n) is 12.3. The van der Waals surface area contributed by atoms with E-state index in [9.17, 15) is 14.3 Å². The van der Waals surface area contributed by atoms with Gasteiger partial charge in [-0.15, -0.1) is 11.3 Å². The van der Waals surface area contributed by atoms with Crippen LogP contribution in [0.1, 0.15) is 21.1 Å². The van der Waals surface area contributed by atoms with Crippen molar-refractivity contribution < 1.29 is 19.4 Å². The van der Waals surface area contributed by atoms with Crippen LogP contribution in [0.4, 0.5) is 4.39 Å². The molecule has 4 N–H and O–H groups in total. The fourth-order valence-electron chi connectivity index (χ4n) is 2.07. The molecule has 0 bridgehead atoms. The van der Waals surface area contributed by atoms with Crippen LogP contribution in [0.25, 0.3) is 21.3 Å². The molecular weight excluding hydrogens is 355 g/mol. The number of nitrogens with zero attached hydrogens (tertiary/aromatic N) is 3. The summed E-state index contributed by atoms with van der Waals surface area (Å²) in [4.78, 5) is 20.2. The van der Waals surface area contributed by atoms with Gasteiger partial charge in [-0.1, -0.05) is 0 Å². The number of hydrogen-bond acceptors (Lipinski definition) is 8. The summed E-state index contributed by atoms with van der Waals surface area (Å²) in [5.74, 6) is -2.34. The molecule has 2 aromatic heterocycles. The first-order chi connectivity index (χ1) is 11.4. The summed E-state index contributed by atoms with van der Waals surface area (Å²) in [6, 6.07) is 1.80. The van der Waals surface area contributed by atoms with Crippen LogP contribution >= 0.6 is 22.9 Å². The number of hydrogen-bond donors (Lipinski definition) is 3. The van der Waals surface area contributed by atoms with E-state index in [1.165, 1.54) is 11.3 Å². The molecule has 3 aromatic rings. The molecule has 0 saturated carbocycles. The maximum absolute atomic E-state index is 14.2. The minimum absolute atomic E-state index is 0.0116. The van der Waals surface area contributed by atoms with E-state index in [2.05, 4.69) is 14.3 Å². The Morgan fingerprint density at radius 3 is 2.75 bits per heavy atom. The number of aromatic nitrogens is 3. The third-order valence-corrected chi connectivity index (χ3v) is 5.11. The number of benzene rings is 1. The molecule has 0 spiro atoms. The maximum Gasteiger partial charge on any atom is 0.339 e. The highest BCUT2D eigenvalue weighted by Gasteiger charge is 2.20. The molecular formula is C14H11FN4O3S2. The van der Waals surface area contributed by atoms with Crippen molar-refractivity contribution in [1.29, 1.82) is 0 Å². The van der Waals surface area contributed by atoms with Gasteiger partial charge in [0.25, 0.3) is 0 Å². The smallest absolute Gasteiger partial charge is 0.339 e. The van der Waals surface area contributed by atoms with Crippen molar-refractivity contribution in [3.8, 4) is 27.0 Å². The number of nitrogens with two attached hydrogens (primary N) is 1. The molecule has 0 aliphatic rings. The van der Waals surface area contributed by atoms with Gasteiger partial charge in [-0.25, -0.2) is 19.2 Å². The quantitative estimate of drug-likeness (QED) is 0.649. The van der Waals surface area contributed by atoms with Crippen molar-refractivity contribution in [2.24, 2.45) is 5.73 Å². The second-order valence-electron chi connectivity index (χ2n) is 4.80.